The summed E-state index contributed by atoms with van der Waals surface area (Å²) < 4.78 is 7.23. The van der Waals surface area contributed by atoms with Crippen molar-refractivity contribution >= 4 is 0 Å². The van der Waals surface area contributed by atoms with Crippen LogP contribution < -0.4 is 5.31 Å². The lowest BCUT2D eigenvalue weighted by Gasteiger charge is -2.19. The maximum absolute atomic E-state index is 9.25. The maximum atomic E-state index is 9.25. The number of rotatable bonds is 2. The van der Waals surface area contributed by atoms with E-state index in [0.29, 0.717) is 0 Å². The summed E-state index contributed by atoms with van der Waals surface area (Å²) in [4.78, 5) is 0. The summed E-state index contributed by atoms with van der Waals surface area (Å²) in [7, 11) is 0. The second kappa shape index (κ2) is 3.46. The van der Waals surface area contributed by atoms with Crippen LogP contribution in [0.25, 0.3) is 0 Å². The monoisotopic (exact) mass is 164 g/mol. The van der Waals surface area contributed by atoms with Crippen LogP contribution in [0.2, 0.25) is 1.41 Å². The Balaban J connectivity index is 2.62. The fourth-order valence-corrected chi connectivity index (χ4v) is 1.13. The molecule has 5 nitrogen and oxygen atoms in total. The van der Waals surface area contributed by atoms with Crippen molar-refractivity contribution in [3.8, 4) is 0 Å². The summed E-state index contributed by atoms with van der Waals surface area (Å²) in [6.45, 7) is -0.535. The molecule has 0 aromatic heterocycles. The molecule has 5 heteroatoms. The molecule has 0 spiro atoms. The van der Waals surface area contributed by atoms with Crippen LogP contribution >= 0.6 is 0 Å². The molecule has 0 aromatic carbocycles. The van der Waals surface area contributed by atoms with Gasteiger partial charge in [-0.1, -0.05) is 0 Å². The van der Waals surface area contributed by atoms with Crippen molar-refractivity contribution in [2.45, 2.75) is 24.4 Å². The third kappa shape index (κ3) is 1.69. The molecule has 66 valence electrons. The molecule has 1 aliphatic rings. The third-order valence-electron chi connectivity index (χ3n) is 1.83. The topological polar surface area (TPSA) is 93.0 Å². The first-order valence-corrected chi connectivity index (χ1v) is 3.48. The number of aliphatic hydroxyl groups is 4. The Morgan fingerprint density at radius 3 is 2.64 bits per heavy atom. The molecular formula is C6H13NO4. The SMILES string of the molecule is [2H]N1C[C@H](O)[C@H](O)[C@H]1[C@H](O)CO. The van der Waals surface area contributed by atoms with E-state index in [1.165, 1.54) is 0 Å². The van der Waals surface area contributed by atoms with E-state index in [-0.39, 0.29) is 6.54 Å². The van der Waals surface area contributed by atoms with Gasteiger partial charge in [0.1, 0.15) is 1.41 Å². The Morgan fingerprint density at radius 1 is 1.64 bits per heavy atom. The van der Waals surface area contributed by atoms with E-state index in [4.69, 9.17) is 16.7 Å². The van der Waals surface area contributed by atoms with E-state index in [2.05, 4.69) is 0 Å². The molecule has 1 aliphatic heterocycles. The second-order valence-corrected chi connectivity index (χ2v) is 2.66. The Hall–Kier alpha value is -0.200. The van der Waals surface area contributed by atoms with Crippen molar-refractivity contribution in [2.75, 3.05) is 13.2 Å². The van der Waals surface area contributed by atoms with E-state index < -0.39 is 31.0 Å². The van der Waals surface area contributed by atoms with Crippen LogP contribution in [-0.4, -0.2) is 57.9 Å². The standard InChI is InChI=1S/C6H13NO4/c8-2-4(10)5-6(11)3(9)1-7-5/h3-11H,1-2H2/t3-,4+,5+,6-/m0/s1/i/hD. The molecule has 1 heterocycles. The molecular weight excluding hydrogens is 150 g/mol. The van der Waals surface area contributed by atoms with Gasteiger partial charge in [-0.25, -0.2) is 0 Å². The van der Waals surface area contributed by atoms with Crippen LogP contribution in [0, 0.1) is 0 Å². The molecule has 1 fully saturated rings. The van der Waals surface area contributed by atoms with Gasteiger partial charge in [-0.2, -0.15) is 0 Å². The van der Waals surface area contributed by atoms with Crippen LogP contribution in [0.5, 0.6) is 0 Å². The Morgan fingerprint density at radius 2 is 2.27 bits per heavy atom. The molecule has 0 unspecified atom stereocenters. The average Bonchev–Trinajstić information content (AvgIpc) is 2.26. The minimum atomic E-state index is -1.19. The van der Waals surface area contributed by atoms with Gasteiger partial charge in [-0.15, -0.1) is 0 Å². The normalized spacial score (nSPS) is 44.0. The summed E-state index contributed by atoms with van der Waals surface area (Å²) in [5.74, 6) is 0. The summed E-state index contributed by atoms with van der Waals surface area (Å²) in [5, 5.41) is 36.9. The molecule has 0 amide bonds. The highest BCUT2D eigenvalue weighted by Crippen LogP contribution is 2.10. The Bertz CT molecular complexity index is 154. The summed E-state index contributed by atoms with van der Waals surface area (Å²) >= 11 is 0. The molecule has 4 atom stereocenters. The summed E-state index contributed by atoms with van der Waals surface area (Å²) in [5.41, 5.74) is 0. The van der Waals surface area contributed by atoms with E-state index in [0.717, 1.165) is 5.31 Å². The van der Waals surface area contributed by atoms with Crippen LogP contribution in [0.3, 0.4) is 0 Å². The zero-order valence-electron chi connectivity index (χ0n) is 6.96. The van der Waals surface area contributed by atoms with Gasteiger partial charge in [0.2, 0.25) is 0 Å². The lowest BCUT2D eigenvalue weighted by atomic mass is 10.1. The van der Waals surface area contributed by atoms with E-state index in [1.807, 2.05) is 0 Å². The molecule has 0 bridgehead atoms. The van der Waals surface area contributed by atoms with Gasteiger partial charge in [-0.3, -0.25) is 0 Å². The van der Waals surface area contributed by atoms with Gasteiger partial charge in [0.15, 0.2) is 0 Å². The average molecular weight is 164 g/mol. The molecule has 0 saturated carbocycles. The molecule has 5 N–H and O–H groups in total. The second-order valence-electron chi connectivity index (χ2n) is 2.66. The van der Waals surface area contributed by atoms with Crippen LogP contribution in [0.4, 0.5) is 0 Å². The summed E-state index contributed by atoms with van der Waals surface area (Å²) in [6.07, 6.45) is -3.37. The highest BCUT2D eigenvalue weighted by atomic mass is 16.3. The van der Waals surface area contributed by atoms with E-state index >= 15 is 0 Å². The zero-order chi connectivity index (χ0) is 9.30. The van der Waals surface area contributed by atoms with Gasteiger partial charge in [0.25, 0.3) is 0 Å². The lowest BCUT2D eigenvalue weighted by molar-refractivity contribution is -0.00977. The predicted molar refractivity (Wildman–Crippen MR) is 36.9 cm³/mol. The highest BCUT2D eigenvalue weighted by Gasteiger charge is 2.36. The number of nitrogens with one attached hydrogen (secondary N) is 1. The molecule has 1 saturated heterocycles. The largest absolute Gasteiger partial charge is 0.394 e. The smallest absolute Gasteiger partial charge is 0.123 e. The Kier molecular flexibility index (Phi) is 2.35. The van der Waals surface area contributed by atoms with Gasteiger partial charge in [0.05, 0.1) is 31.0 Å². The van der Waals surface area contributed by atoms with Gasteiger partial charge >= 0.3 is 0 Å². The Labute approximate surface area is 65.7 Å². The first kappa shape index (κ1) is 7.45. The van der Waals surface area contributed by atoms with Crippen molar-refractivity contribution in [2.24, 2.45) is 0 Å². The fraction of sp³-hybridized carbons (Fsp3) is 1.00. The van der Waals surface area contributed by atoms with E-state index in [9.17, 15) is 5.11 Å². The lowest BCUT2D eigenvalue weighted by Crippen LogP contribution is -2.44. The predicted octanol–water partition coefficient (Wildman–Crippen LogP) is -2.97. The quantitative estimate of drug-likeness (QED) is 0.300. The number of hydrogen-bond acceptors (Lipinski definition) is 5. The molecule has 11 heavy (non-hydrogen) atoms. The van der Waals surface area contributed by atoms with Crippen LogP contribution in [0.15, 0.2) is 0 Å². The van der Waals surface area contributed by atoms with E-state index in [1.54, 1.807) is 0 Å². The van der Waals surface area contributed by atoms with Crippen molar-refractivity contribution in [3.05, 3.63) is 0 Å². The first-order valence-electron chi connectivity index (χ1n) is 3.93. The number of β-amino-alcohol motifs (C(OH)–C–C–N with tert-alkyl or cyclic N) is 1. The molecule has 0 aromatic rings. The minimum Gasteiger partial charge on any atom is -0.394 e. The van der Waals surface area contributed by atoms with Crippen molar-refractivity contribution < 1.29 is 21.8 Å². The third-order valence-corrected chi connectivity index (χ3v) is 1.83. The number of hydrogen-bond donors (Lipinski definition) is 5. The zero-order valence-corrected chi connectivity index (χ0v) is 5.96. The molecule has 0 radical (unpaired) electrons. The first-order chi connectivity index (χ1) is 5.57. The van der Waals surface area contributed by atoms with Gasteiger partial charge < -0.3 is 25.7 Å². The van der Waals surface area contributed by atoms with Gasteiger partial charge in [0, 0.05) is 6.54 Å². The minimum absolute atomic E-state index is 0.0110. The van der Waals surface area contributed by atoms with Crippen molar-refractivity contribution in [1.82, 2.24) is 5.31 Å². The summed E-state index contributed by atoms with van der Waals surface area (Å²) in [6, 6.07) is -0.898. The molecule has 0 aliphatic carbocycles. The van der Waals surface area contributed by atoms with Crippen molar-refractivity contribution in [1.29, 1.82) is 0 Å². The van der Waals surface area contributed by atoms with Crippen LogP contribution in [0.1, 0.15) is 0 Å². The van der Waals surface area contributed by atoms with Crippen molar-refractivity contribution in [3.63, 3.8) is 0 Å². The molecule has 1 rings (SSSR count). The highest BCUT2D eigenvalue weighted by molar-refractivity contribution is 4.94. The van der Waals surface area contributed by atoms with Crippen LogP contribution in [-0.2, 0) is 0 Å². The maximum Gasteiger partial charge on any atom is 0.123 e. The fourth-order valence-electron chi connectivity index (χ4n) is 1.13. The van der Waals surface area contributed by atoms with Gasteiger partial charge in [-0.05, 0) is 0 Å². The number of aliphatic hydroxyl groups excluding tert-OH is 4.